The van der Waals surface area contributed by atoms with Gasteiger partial charge >= 0.3 is 0 Å². The maximum absolute atomic E-state index is 12.6. The van der Waals surface area contributed by atoms with E-state index in [2.05, 4.69) is 15.9 Å². The molecule has 0 aliphatic rings. The molecule has 0 unspecified atom stereocenters. The Kier molecular flexibility index (Phi) is 7.11. The quantitative estimate of drug-likeness (QED) is 0.715. The van der Waals surface area contributed by atoms with E-state index in [-0.39, 0.29) is 11.5 Å². The number of hydrogen-bond acceptors (Lipinski definition) is 4. The van der Waals surface area contributed by atoms with E-state index in [1.807, 2.05) is 6.92 Å². The number of sulfonamides is 1. The molecule has 0 spiro atoms. The third-order valence-electron chi connectivity index (χ3n) is 2.84. The summed E-state index contributed by atoms with van der Waals surface area (Å²) in [5.41, 5.74) is 0.660. The molecular formula is C13H20BrNO4S. The molecule has 0 saturated carbocycles. The highest BCUT2D eigenvalue weighted by molar-refractivity contribution is 9.10. The predicted molar refractivity (Wildman–Crippen MR) is 81.0 cm³/mol. The lowest BCUT2D eigenvalue weighted by molar-refractivity contribution is 0.135. The van der Waals surface area contributed by atoms with Crippen molar-refractivity contribution < 1.29 is 18.3 Å². The Hall–Kier alpha value is -0.470. The molecule has 0 radical (unpaired) electrons. The first kappa shape index (κ1) is 17.6. The molecule has 0 atom stereocenters. The Bertz CT molecular complexity index is 533. The molecule has 0 aliphatic heterocycles. The van der Waals surface area contributed by atoms with Gasteiger partial charge in [-0.2, -0.15) is 4.31 Å². The number of aliphatic hydroxyl groups is 1. The van der Waals surface area contributed by atoms with E-state index in [1.54, 1.807) is 19.1 Å². The second-order valence-corrected chi connectivity index (χ2v) is 6.88. The number of halogens is 1. The van der Waals surface area contributed by atoms with Gasteiger partial charge in [0.25, 0.3) is 0 Å². The number of likely N-dealkylation sites (N-methyl/N-ethyl adjacent to an activating group) is 1. The number of benzene rings is 1. The van der Waals surface area contributed by atoms with Gasteiger partial charge in [0.2, 0.25) is 10.0 Å². The highest BCUT2D eigenvalue weighted by atomic mass is 79.9. The first-order valence-corrected chi connectivity index (χ1v) is 8.67. The first-order chi connectivity index (χ1) is 9.47. The highest BCUT2D eigenvalue weighted by Crippen LogP contribution is 2.26. The molecule has 1 rings (SSSR count). The molecule has 20 heavy (non-hydrogen) atoms. The van der Waals surface area contributed by atoms with Crippen molar-refractivity contribution in [2.45, 2.75) is 25.3 Å². The summed E-state index contributed by atoms with van der Waals surface area (Å²) in [4.78, 5) is 0.202. The van der Waals surface area contributed by atoms with E-state index >= 15 is 0 Å². The van der Waals surface area contributed by atoms with E-state index in [1.165, 1.54) is 10.4 Å². The van der Waals surface area contributed by atoms with Crippen LogP contribution in [0.2, 0.25) is 0 Å². The van der Waals surface area contributed by atoms with Crippen LogP contribution in [0.15, 0.2) is 27.6 Å². The van der Waals surface area contributed by atoms with Crippen LogP contribution in [-0.2, 0) is 21.4 Å². The minimum absolute atomic E-state index is 0.124. The molecule has 0 fully saturated rings. The summed E-state index contributed by atoms with van der Waals surface area (Å²) in [6, 6.07) is 4.73. The van der Waals surface area contributed by atoms with Gasteiger partial charge in [-0.15, -0.1) is 0 Å². The van der Waals surface area contributed by atoms with Gasteiger partial charge in [-0.25, -0.2) is 8.42 Å². The number of ether oxygens (including phenoxy) is 1. The zero-order valence-corrected chi connectivity index (χ0v) is 14.1. The van der Waals surface area contributed by atoms with Gasteiger partial charge in [0, 0.05) is 24.2 Å². The summed E-state index contributed by atoms with van der Waals surface area (Å²) in [6.45, 7) is 5.17. The summed E-state index contributed by atoms with van der Waals surface area (Å²) in [6.07, 6.45) is 0. The van der Waals surface area contributed by atoms with Crippen molar-refractivity contribution in [1.82, 2.24) is 4.31 Å². The molecule has 0 aromatic heterocycles. The number of aliphatic hydroxyl groups excluding tert-OH is 1. The van der Waals surface area contributed by atoms with Crippen molar-refractivity contribution >= 4 is 26.0 Å². The van der Waals surface area contributed by atoms with Crippen molar-refractivity contribution in [1.29, 1.82) is 0 Å². The maximum atomic E-state index is 12.6. The fourth-order valence-electron chi connectivity index (χ4n) is 1.75. The lowest BCUT2D eigenvalue weighted by atomic mass is 10.2. The zero-order chi connectivity index (χ0) is 15.2. The molecule has 0 saturated heterocycles. The van der Waals surface area contributed by atoms with E-state index in [9.17, 15) is 8.42 Å². The van der Waals surface area contributed by atoms with E-state index in [4.69, 9.17) is 9.84 Å². The highest BCUT2D eigenvalue weighted by Gasteiger charge is 2.25. The smallest absolute Gasteiger partial charge is 0.244 e. The minimum atomic E-state index is -3.56. The fraction of sp³-hybridized carbons (Fsp3) is 0.538. The molecule has 1 aromatic carbocycles. The number of nitrogens with zero attached hydrogens (tertiary/aromatic N) is 1. The van der Waals surface area contributed by atoms with Crippen LogP contribution >= 0.6 is 15.9 Å². The molecule has 1 aromatic rings. The van der Waals surface area contributed by atoms with Crippen molar-refractivity contribution in [3.63, 3.8) is 0 Å². The maximum Gasteiger partial charge on any atom is 0.244 e. The Morgan fingerprint density at radius 2 is 2.05 bits per heavy atom. The zero-order valence-electron chi connectivity index (χ0n) is 11.7. The molecule has 114 valence electrons. The average molecular weight is 366 g/mol. The molecule has 1 N–H and O–H groups in total. The number of rotatable bonds is 8. The van der Waals surface area contributed by atoms with Crippen LogP contribution in [0, 0.1) is 0 Å². The monoisotopic (exact) mass is 365 g/mol. The fourth-order valence-corrected chi connectivity index (χ4v) is 4.27. The summed E-state index contributed by atoms with van der Waals surface area (Å²) in [7, 11) is -3.56. The lowest BCUT2D eigenvalue weighted by Crippen LogP contribution is -2.34. The predicted octanol–water partition coefficient (Wildman–Crippen LogP) is 1.99. The van der Waals surface area contributed by atoms with Gasteiger partial charge in [0.15, 0.2) is 0 Å². The van der Waals surface area contributed by atoms with Gasteiger partial charge in [-0.1, -0.05) is 13.0 Å². The molecule has 0 bridgehead atoms. The summed E-state index contributed by atoms with van der Waals surface area (Å²) < 4.78 is 32.2. The lowest BCUT2D eigenvalue weighted by Gasteiger charge is -2.21. The van der Waals surface area contributed by atoms with Gasteiger partial charge < -0.3 is 9.84 Å². The van der Waals surface area contributed by atoms with Crippen LogP contribution < -0.4 is 0 Å². The van der Waals surface area contributed by atoms with Crippen LogP contribution in [0.3, 0.4) is 0 Å². The Morgan fingerprint density at radius 1 is 1.35 bits per heavy atom. The van der Waals surface area contributed by atoms with E-state index in [0.717, 1.165) is 0 Å². The molecular weight excluding hydrogens is 346 g/mol. The number of hydrogen-bond donors (Lipinski definition) is 1. The summed E-state index contributed by atoms with van der Waals surface area (Å²) >= 11 is 3.25. The second-order valence-electron chi connectivity index (χ2n) is 4.12. The van der Waals surface area contributed by atoms with Gasteiger partial charge in [-0.3, -0.25) is 0 Å². The van der Waals surface area contributed by atoms with Gasteiger partial charge in [-0.05, 0) is 40.5 Å². The van der Waals surface area contributed by atoms with Crippen molar-refractivity contribution in [2.75, 3.05) is 26.3 Å². The normalized spacial score (nSPS) is 12.1. The first-order valence-electron chi connectivity index (χ1n) is 6.44. The van der Waals surface area contributed by atoms with E-state index < -0.39 is 10.0 Å². The SMILES string of the molecule is CCOCCN(CC)S(=O)(=O)c1ccc(CO)cc1Br. The topological polar surface area (TPSA) is 66.8 Å². The Balaban J connectivity index is 3.01. The van der Waals surface area contributed by atoms with Crippen molar-refractivity contribution in [2.24, 2.45) is 0 Å². The van der Waals surface area contributed by atoms with Crippen LogP contribution in [0.5, 0.6) is 0 Å². The van der Waals surface area contributed by atoms with Gasteiger partial charge in [0.05, 0.1) is 18.1 Å². The molecule has 5 nitrogen and oxygen atoms in total. The van der Waals surface area contributed by atoms with E-state index in [0.29, 0.717) is 36.3 Å². The summed E-state index contributed by atoms with van der Waals surface area (Å²) in [5.74, 6) is 0. The van der Waals surface area contributed by atoms with Crippen LogP contribution in [0.25, 0.3) is 0 Å². The molecule has 0 heterocycles. The average Bonchev–Trinajstić information content (AvgIpc) is 2.42. The van der Waals surface area contributed by atoms with Crippen molar-refractivity contribution in [3.05, 3.63) is 28.2 Å². The third-order valence-corrected chi connectivity index (χ3v) is 5.79. The molecule has 7 heteroatoms. The standard InChI is InChI=1S/C13H20BrNO4S/c1-3-15(7-8-19-4-2)20(17,18)13-6-5-11(10-16)9-12(13)14/h5-6,9,16H,3-4,7-8,10H2,1-2H3. The van der Waals surface area contributed by atoms with Crippen LogP contribution in [0.1, 0.15) is 19.4 Å². The Morgan fingerprint density at radius 3 is 2.55 bits per heavy atom. The molecule has 0 aliphatic carbocycles. The van der Waals surface area contributed by atoms with Crippen molar-refractivity contribution in [3.8, 4) is 0 Å². The largest absolute Gasteiger partial charge is 0.392 e. The third kappa shape index (κ3) is 4.26. The van der Waals surface area contributed by atoms with Crippen LogP contribution in [0.4, 0.5) is 0 Å². The van der Waals surface area contributed by atoms with Gasteiger partial charge in [0.1, 0.15) is 0 Å². The summed E-state index contributed by atoms with van der Waals surface area (Å²) in [5, 5.41) is 9.06. The second kappa shape index (κ2) is 8.09. The van der Waals surface area contributed by atoms with Crippen LogP contribution in [-0.4, -0.2) is 44.1 Å². The minimum Gasteiger partial charge on any atom is -0.392 e. The molecule has 0 amide bonds. The Labute approximate surface area is 128 Å².